The SMILES string of the molecule is COc1ccccc1CCC1(C)CCO1. The summed E-state index contributed by atoms with van der Waals surface area (Å²) in [5.74, 6) is 0.987. The van der Waals surface area contributed by atoms with Gasteiger partial charge in [0.15, 0.2) is 0 Å². The highest BCUT2D eigenvalue weighted by molar-refractivity contribution is 5.33. The van der Waals surface area contributed by atoms with Crippen molar-refractivity contribution in [2.24, 2.45) is 0 Å². The fourth-order valence-corrected chi connectivity index (χ4v) is 1.96. The summed E-state index contributed by atoms with van der Waals surface area (Å²) in [7, 11) is 1.72. The summed E-state index contributed by atoms with van der Waals surface area (Å²) in [5.41, 5.74) is 1.39. The van der Waals surface area contributed by atoms with Crippen LogP contribution in [0.2, 0.25) is 0 Å². The number of aryl methyl sites for hydroxylation is 1. The zero-order valence-electron chi connectivity index (χ0n) is 9.45. The Bertz CT molecular complexity index is 329. The molecule has 1 fully saturated rings. The summed E-state index contributed by atoms with van der Waals surface area (Å²) in [4.78, 5) is 0. The Balaban J connectivity index is 1.98. The van der Waals surface area contributed by atoms with E-state index in [0.717, 1.165) is 25.2 Å². The molecule has 0 aliphatic carbocycles. The fourth-order valence-electron chi connectivity index (χ4n) is 1.96. The van der Waals surface area contributed by atoms with Crippen LogP contribution in [-0.4, -0.2) is 19.3 Å². The van der Waals surface area contributed by atoms with Crippen LogP contribution in [0.4, 0.5) is 0 Å². The van der Waals surface area contributed by atoms with E-state index < -0.39 is 0 Å². The maximum atomic E-state index is 5.57. The van der Waals surface area contributed by atoms with Crippen LogP contribution in [0.25, 0.3) is 0 Å². The lowest BCUT2D eigenvalue weighted by molar-refractivity contribution is -0.137. The monoisotopic (exact) mass is 206 g/mol. The zero-order chi connectivity index (χ0) is 10.7. The van der Waals surface area contributed by atoms with Gasteiger partial charge in [-0.1, -0.05) is 18.2 Å². The van der Waals surface area contributed by atoms with Crippen molar-refractivity contribution in [2.45, 2.75) is 31.8 Å². The van der Waals surface area contributed by atoms with Crippen LogP contribution in [0.5, 0.6) is 5.75 Å². The minimum atomic E-state index is 0.112. The maximum Gasteiger partial charge on any atom is 0.122 e. The van der Waals surface area contributed by atoms with E-state index in [0.29, 0.717) is 0 Å². The van der Waals surface area contributed by atoms with Crippen LogP contribution >= 0.6 is 0 Å². The summed E-state index contributed by atoms with van der Waals surface area (Å²) in [6.07, 6.45) is 3.29. The molecule has 1 atom stereocenters. The van der Waals surface area contributed by atoms with Crippen LogP contribution in [0.3, 0.4) is 0 Å². The molecule has 2 rings (SSSR count). The molecule has 1 aliphatic heterocycles. The number of hydrogen-bond donors (Lipinski definition) is 0. The van der Waals surface area contributed by atoms with Crippen LogP contribution in [0.1, 0.15) is 25.3 Å². The van der Waals surface area contributed by atoms with E-state index in [2.05, 4.69) is 19.1 Å². The number of benzene rings is 1. The van der Waals surface area contributed by atoms with Crippen LogP contribution < -0.4 is 4.74 Å². The van der Waals surface area contributed by atoms with E-state index >= 15 is 0 Å². The molecule has 0 saturated carbocycles. The number of ether oxygens (including phenoxy) is 2. The van der Waals surface area contributed by atoms with E-state index in [1.165, 1.54) is 12.0 Å². The van der Waals surface area contributed by atoms with Crippen molar-refractivity contribution in [3.8, 4) is 5.75 Å². The molecule has 82 valence electrons. The van der Waals surface area contributed by atoms with Crippen molar-refractivity contribution in [3.05, 3.63) is 29.8 Å². The number of para-hydroxylation sites is 1. The first-order chi connectivity index (χ1) is 7.23. The highest BCUT2D eigenvalue weighted by Gasteiger charge is 2.32. The molecule has 0 spiro atoms. The minimum absolute atomic E-state index is 0.112. The fraction of sp³-hybridized carbons (Fsp3) is 0.538. The number of rotatable bonds is 4. The normalized spacial score (nSPS) is 24.7. The third-order valence-electron chi connectivity index (χ3n) is 3.20. The lowest BCUT2D eigenvalue weighted by Crippen LogP contribution is -2.40. The Hall–Kier alpha value is -1.02. The first kappa shape index (κ1) is 10.5. The Labute approximate surface area is 91.2 Å². The highest BCUT2D eigenvalue weighted by atomic mass is 16.5. The van der Waals surface area contributed by atoms with Crippen LogP contribution in [0, 0.1) is 0 Å². The highest BCUT2D eigenvalue weighted by Crippen LogP contribution is 2.32. The second-order valence-electron chi connectivity index (χ2n) is 4.36. The van der Waals surface area contributed by atoms with Crippen LogP contribution in [-0.2, 0) is 11.2 Å². The Morgan fingerprint density at radius 2 is 2.13 bits per heavy atom. The summed E-state index contributed by atoms with van der Waals surface area (Å²) < 4.78 is 10.9. The minimum Gasteiger partial charge on any atom is -0.496 e. The van der Waals surface area contributed by atoms with Gasteiger partial charge < -0.3 is 9.47 Å². The number of methoxy groups -OCH3 is 1. The molecule has 1 aromatic rings. The Kier molecular flexibility index (Phi) is 2.96. The van der Waals surface area contributed by atoms with Crippen LogP contribution in [0.15, 0.2) is 24.3 Å². The molecular weight excluding hydrogens is 188 g/mol. The molecule has 2 nitrogen and oxygen atoms in total. The quantitative estimate of drug-likeness (QED) is 0.754. The predicted molar refractivity (Wildman–Crippen MR) is 60.3 cm³/mol. The Morgan fingerprint density at radius 1 is 1.40 bits per heavy atom. The van der Waals surface area contributed by atoms with Crippen molar-refractivity contribution in [2.75, 3.05) is 13.7 Å². The van der Waals surface area contributed by atoms with E-state index in [9.17, 15) is 0 Å². The van der Waals surface area contributed by atoms with Gasteiger partial charge in [-0.15, -0.1) is 0 Å². The molecule has 0 amide bonds. The number of hydrogen-bond acceptors (Lipinski definition) is 2. The third-order valence-corrected chi connectivity index (χ3v) is 3.20. The topological polar surface area (TPSA) is 18.5 Å². The molecule has 0 radical (unpaired) electrons. The molecule has 1 aromatic carbocycles. The summed E-state index contributed by atoms with van der Waals surface area (Å²) in [6.45, 7) is 3.11. The second kappa shape index (κ2) is 4.23. The summed E-state index contributed by atoms with van der Waals surface area (Å²) in [5, 5.41) is 0. The average Bonchev–Trinajstić information content (AvgIpc) is 2.24. The van der Waals surface area contributed by atoms with Crippen molar-refractivity contribution in [1.82, 2.24) is 0 Å². The van der Waals surface area contributed by atoms with Crippen molar-refractivity contribution >= 4 is 0 Å². The molecule has 1 unspecified atom stereocenters. The average molecular weight is 206 g/mol. The van der Waals surface area contributed by atoms with Crippen molar-refractivity contribution in [1.29, 1.82) is 0 Å². The molecule has 1 saturated heterocycles. The summed E-state index contributed by atoms with van der Waals surface area (Å²) >= 11 is 0. The van der Waals surface area contributed by atoms with E-state index in [4.69, 9.17) is 9.47 Å². The first-order valence-corrected chi connectivity index (χ1v) is 5.49. The Morgan fingerprint density at radius 3 is 2.73 bits per heavy atom. The third kappa shape index (κ3) is 2.32. The largest absolute Gasteiger partial charge is 0.496 e. The molecule has 2 heteroatoms. The van der Waals surface area contributed by atoms with Gasteiger partial charge in [0.2, 0.25) is 0 Å². The van der Waals surface area contributed by atoms with Crippen molar-refractivity contribution < 1.29 is 9.47 Å². The van der Waals surface area contributed by atoms with E-state index in [1.807, 2.05) is 12.1 Å². The molecule has 0 aromatic heterocycles. The van der Waals surface area contributed by atoms with Gasteiger partial charge in [-0.2, -0.15) is 0 Å². The van der Waals surface area contributed by atoms with Crippen molar-refractivity contribution in [3.63, 3.8) is 0 Å². The lowest BCUT2D eigenvalue weighted by atomic mass is 9.90. The van der Waals surface area contributed by atoms with Gasteiger partial charge in [0.25, 0.3) is 0 Å². The molecular formula is C13H18O2. The van der Waals surface area contributed by atoms with Gasteiger partial charge in [0, 0.05) is 0 Å². The summed E-state index contributed by atoms with van der Waals surface area (Å²) in [6, 6.07) is 8.20. The molecule has 1 aliphatic rings. The molecule has 1 heterocycles. The van der Waals surface area contributed by atoms with Gasteiger partial charge in [0.05, 0.1) is 19.3 Å². The van der Waals surface area contributed by atoms with E-state index in [1.54, 1.807) is 7.11 Å². The van der Waals surface area contributed by atoms with Gasteiger partial charge >= 0.3 is 0 Å². The van der Waals surface area contributed by atoms with E-state index in [-0.39, 0.29) is 5.60 Å². The molecule has 15 heavy (non-hydrogen) atoms. The molecule has 0 N–H and O–H groups in total. The van der Waals surface area contributed by atoms with Gasteiger partial charge in [-0.3, -0.25) is 0 Å². The predicted octanol–water partition coefficient (Wildman–Crippen LogP) is 2.81. The van der Waals surface area contributed by atoms with Gasteiger partial charge in [-0.25, -0.2) is 0 Å². The first-order valence-electron chi connectivity index (χ1n) is 5.49. The molecule has 0 bridgehead atoms. The maximum absolute atomic E-state index is 5.57. The van der Waals surface area contributed by atoms with Gasteiger partial charge in [-0.05, 0) is 37.8 Å². The van der Waals surface area contributed by atoms with Gasteiger partial charge in [0.1, 0.15) is 5.75 Å². The lowest BCUT2D eigenvalue weighted by Gasteiger charge is -2.38. The smallest absolute Gasteiger partial charge is 0.122 e. The standard InChI is InChI=1S/C13H18O2/c1-13(9-10-15-13)8-7-11-5-3-4-6-12(11)14-2/h3-6H,7-10H2,1-2H3. The zero-order valence-corrected chi connectivity index (χ0v) is 9.45. The second-order valence-corrected chi connectivity index (χ2v) is 4.36.